The van der Waals surface area contributed by atoms with E-state index in [9.17, 15) is 0 Å². The Kier molecular flexibility index (Phi) is 4.10. The third-order valence-corrected chi connectivity index (χ3v) is 3.70. The molecule has 2 rings (SSSR count). The van der Waals surface area contributed by atoms with Gasteiger partial charge in [-0.3, -0.25) is 0 Å². The van der Waals surface area contributed by atoms with Gasteiger partial charge in [0.05, 0.1) is 0 Å². The molecule has 0 spiro atoms. The lowest BCUT2D eigenvalue weighted by Crippen LogP contribution is -1.95. The van der Waals surface area contributed by atoms with Crippen molar-refractivity contribution in [1.82, 2.24) is 9.97 Å². The number of nitrogen functional groups attached to an aromatic ring is 1. The second-order valence-corrected chi connectivity index (χ2v) is 5.08. The van der Waals surface area contributed by atoms with Crippen LogP contribution in [0.2, 0.25) is 10.0 Å². The quantitative estimate of drug-likeness (QED) is 0.875. The van der Waals surface area contributed by atoms with Crippen molar-refractivity contribution in [2.45, 2.75) is 10.8 Å². The standard InChI is InChI=1S/C11H9Cl2N3S/c12-8-2-1-7(9(13)5-8)6-17-11-10(14)15-3-4-16-11/h1-5H,6H2,(H2,14,15). The van der Waals surface area contributed by atoms with Gasteiger partial charge in [0.1, 0.15) is 5.03 Å². The molecule has 0 fully saturated rings. The van der Waals surface area contributed by atoms with Crippen molar-refractivity contribution in [1.29, 1.82) is 0 Å². The molecule has 0 unspecified atom stereocenters. The maximum absolute atomic E-state index is 6.07. The summed E-state index contributed by atoms with van der Waals surface area (Å²) in [6.07, 6.45) is 3.18. The van der Waals surface area contributed by atoms with E-state index in [0.717, 1.165) is 5.56 Å². The molecule has 0 saturated carbocycles. The van der Waals surface area contributed by atoms with Gasteiger partial charge in [-0.2, -0.15) is 0 Å². The van der Waals surface area contributed by atoms with Crippen molar-refractivity contribution in [2.24, 2.45) is 0 Å². The number of halogens is 2. The van der Waals surface area contributed by atoms with Crippen molar-refractivity contribution >= 4 is 40.8 Å². The Morgan fingerprint density at radius 3 is 2.65 bits per heavy atom. The van der Waals surface area contributed by atoms with E-state index in [1.807, 2.05) is 12.1 Å². The van der Waals surface area contributed by atoms with Crippen LogP contribution in [0.15, 0.2) is 35.6 Å². The van der Waals surface area contributed by atoms with Crippen LogP contribution in [-0.4, -0.2) is 9.97 Å². The normalized spacial score (nSPS) is 10.5. The summed E-state index contributed by atoms with van der Waals surface area (Å²) >= 11 is 13.4. The largest absolute Gasteiger partial charge is 0.381 e. The number of anilines is 1. The van der Waals surface area contributed by atoms with Gasteiger partial charge in [-0.1, -0.05) is 41.0 Å². The predicted molar refractivity (Wildman–Crippen MR) is 72.5 cm³/mol. The van der Waals surface area contributed by atoms with Gasteiger partial charge in [0.2, 0.25) is 0 Å². The highest BCUT2D eigenvalue weighted by Gasteiger charge is 2.05. The first-order valence-electron chi connectivity index (χ1n) is 4.80. The van der Waals surface area contributed by atoms with E-state index in [4.69, 9.17) is 28.9 Å². The molecular weight excluding hydrogens is 277 g/mol. The minimum absolute atomic E-state index is 0.433. The average Bonchev–Trinajstić information content (AvgIpc) is 2.30. The van der Waals surface area contributed by atoms with Crippen molar-refractivity contribution in [3.8, 4) is 0 Å². The first kappa shape index (κ1) is 12.5. The fourth-order valence-electron chi connectivity index (χ4n) is 1.23. The van der Waals surface area contributed by atoms with E-state index >= 15 is 0 Å². The van der Waals surface area contributed by atoms with Crippen molar-refractivity contribution in [3.63, 3.8) is 0 Å². The molecule has 0 aliphatic rings. The second kappa shape index (κ2) is 5.58. The average molecular weight is 286 g/mol. The first-order chi connectivity index (χ1) is 8.16. The molecule has 1 heterocycles. The number of hydrogen-bond donors (Lipinski definition) is 1. The minimum atomic E-state index is 0.433. The molecule has 0 saturated heterocycles. The van der Waals surface area contributed by atoms with Gasteiger partial charge in [0, 0.05) is 28.2 Å². The van der Waals surface area contributed by atoms with Gasteiger partial charge in [-0.25, -0.2) is 9.97 Å². The smallest absolute Gasteiger partial charge is 0.156 e. The number of benzene rings is 1. The van der Waals surface area contributed by atoms with Crippen molar-refractivity contribution in [2.75, 3.05) is 5.73 Å². The number of rotatable bonds is 3. The van der Waals surface area contributed by atoms with Crippen LogP contribution < -0.4 is 5.73 Å². The second-order valence-electron chi connectivity index (χ2n) is 3.27. The van der Waals surface area contributed by atoms with Gasteiger partial charge in [0.15, 0.2) is 5.82 Å². The van der Waals surface area contributed by atoms with E-state index in [1.54, 1.807) is 18.5 Å². The van der Waals surface area contributed by atoms with Gasteiger partial charge in [-0.05, 0) is 17.7 Å². The molecule has 0 aliphatic carbocycles. The molecule has 6 heteroatoms. The van der Waals surface area contributed by atoms with Gasteiger partial charge in [0.25, 0.3) is 0 Å². The molecular formula is C11H9Cl2N3S. The summed E-state index contributed by atoms with van der Waals surface area (Å²) in [7, 11) is 0. The summed E-state index contributed by atoms with van der Waals surface area (Å²) in [5, 5.41) is 1.98. The van der Waals surface area contributed by atoms with E-state index in [2.05, 4.69) is 9.97 Å². The molecule has 2 aromatic rings. The molecule has 0 radical (unpaired) electrons. The fourth-order valence-corrected chi connectivity index (χ4v) is 2.67. The zero-order valence-corrected chi connectivity index (χ0v) is 11.1. The van der Waals surface area contributed by atoms with Crippen LogP contribution in [0.4, 0.5) is 5.82 Å². The Morgan fingerprint density at radius 2 is 1.94 bits per heavy atom. The highest BCUT2D eigenvalue weighted by molar-refractivity contribution is 7.98. The SMILES string of the molecule is Nc1nccnc1SCc1ccc(Cl)cc1Cl. The lowest BCUT2D eigenvalue weighted by Gasteiger charge is -2.05. The van der Waals surface area contributed by atoms with Crippen LogP contribution >= 0.6 is 35.0 Å². The minimum Gasteiger partial charge on any atom is -0.381 e. The molecule has 17 heavy (non-hydrogen) atoms. The molecule has 3 nitrogen and oxygen atoms in total. The zero-order chi connectivity index (χ0) is 12.3. The highest BCUT2D eigenvalue weighted by Crippen LogP contribution is 2.29. The van der Waals surface area contributed by atoms with Crippen molar-refractivity contribution in [3.05, 3.63) is 46.2 Å². The summed E-state index contributed by atoms with van der Waals surface area (Å²) in [4.78, 5) is 8.12. The Morgan fingerprint density at radius 1 is 1.18 bits per heavy atom. The molecule has 2 N–H and O–H groups in total. The maximum Gasteiger partial charge on any atom is 0.156 e. The maximum atomic E-state index is 6.07. The number of hydrogen-bond acceptors (Lipinski definition) is 4. The lowest BCUT2D eigenvalue weighted by molar-refractivity contribution is 1.07. The van der Waals surface area contributed by atoms with E-state index in [-0.39, 0.29) is 0 Å². The van der Waals surface area contributed by atoms with Crippen LogP contribution in [0.25, 0.3) is 0 Å². The van der Waals surface area contributed by atoms with Gasteiger partial charge in [-0.15, -0.1) is 0 Å². The molecule has 1 aromatic heterocycles. The number of aromatic nitrogens is 2. The van der Waals surface area contributed by atoms with Gasteiger partial charge >= 0.3 is 0 Å². The van der Waals surface area contributed by atoms with Gasteiger partial charge < -0.3 is 5.73 Å². The molecule has 1 aromatic carbocycles. The monoisotopic (exact) mass is 285 g/mol. The third-order valence-electron chi connectivity index (χ3n) is 2.07. The Bertz CT molecular complexity index is 534. The third kappa shape index (κ3) is 3.25. The number of thioether (sulfide) groups is 1. The molecule has 0 bridgehead atoms. The summed E-state index contributed by atoms with van der Waals surface area (Å²) in [6, 6.07) is 5.42. The lowest BCUT2D eigenvalue weighted by atomic mass is 10.2. The summed E-state index contributed by atoms with van der Waals surface area (Å²) in [6.45, 7) is 0. The Hall–Kier alpha value is -0.970. The van der Waals surface area contributed by atoms with Crippen LogP contribution in [0.5, 0.6) is 0 Å². The predicted octanol–water partition coefficient (Wildman–Crippen LogP) is 3.66. The van der Waals surface area contributed by atoms with Crippen LogP contribution in [-0.2, 0) is 5.75 Å². The molecule has 88 valence electrons. The van der Waals surface area contributed by atoms with E-state index in [1.165, 1.54) is 11.8 Å². The van der Waals surface area contributed by atoms with Crippen LogP contribution in [0.1, 0.15) is 5.56 Å². The highest BCUT2D eigenvalue weighted by atomic mass is 35.5. The zero-order valence-electron chi connectivity index (χ0n) is 8.73. The van der Waals surface area contributed by atoms with E-state index in [0.29, 0.717) is 26.6 Å². The first-order valence-corrected chi connectivity index (χ1v) is 6.54. The summed E-state index contributed by atoms with van der Waals surface area (Å²) < 4.78 is 0. The molecule has 0 aliphatic heterocycles. The summed E-state index contributed by atoms with van der Waals surface area (Å²) in [5.41, 5.74) is 6.69. The van der Waals surface area contributed by atoms with Crippen LogP contribution in [0, 0.1) is 0 Å². The van der Waals surface area contributed by atoms with E-state index < -0.39 is 0 Å². The Labute approximate surface area is 113 Å². The topological polar surface area (TPSA) is 51.8 Å². The summed E-state index contributed by atoms with van der Waals surface area (Å²) in [5.74, 6) is 1.11. The molecule has 0 atom stereocenters. The molecule has 0 amide bonds. The van der Waals surface area contributed by atoms with Crippen molar-refractivity contribution < 1.29 is 0 Å². The number of nitrogens with zero attached hydrogens (tertiary/aromatic N) is 2. The van der Waals surface area contributed by atoms with Crippen LogP contribution in [0.3, 0.4) is 0 Å². The number of nitrogens with two attached hydrogens (primary N) is 1. The Balaban J connectivity index is 2.10. The fraction of sp³-hybridized carbons (Fsp3) is 0.0909.